The van der Waals surface area contributed by atoms with Crippen molar-refractivity contribution in [2.24, 2.45) is 0 Å². The van der Waals surface area contributed by atoms with E-state index in [4.69, 9.17) is 4.42 Å². The summed E-state index contributed by atoms with van der Waals surface area (Å²) in [6.45, 7) is 3.60. The van der Waals surface area contributed by atoms with Crippen molar-refractivity contribution in [2.45, 2.75) is 13.8 Å². The molecule has 0 aliphatic carbocycles. The zero-order valence-electron chi connectivity index (χ0n) is 9.52. The first-order valence-electron chi connectivity index (χ1n) is 5.29. The highest BCUT2D eigenvalue weighted by Crippen LogP contribution is 2.18. The maximum atomic E-state index is 12.0. The highest BCUT2D eigenvalue weighted by Gasteiger charge is 2.10. The molecule has 0 radical (unpaired) electrons. The lowest BCUT2D eigenvalue weighted by molar-refractivity contribution is 0.579. The van der Waals surface area contributed by atoms with E-state index in [9.17, 15) is 4.79 Å². The van der Waals surface area contributed by atoms with Crippen LogP contribution >= 0.6 is 0 Å². The molecule has 5 nitrogen and oxygen atoms in total. The third-order valence-corrected chi connectivity index (χ3v) is 2.87. The molecule has 3 aromatic heterocycles. The summed E-state index contributed by atoms with van der Waals surface area (Å²) in [5.41, 5.74) is 2.66. The lowest BCUT2D eigenvalue weighted by Crippen LogP contribution is -2.19. The van der Waals surface area contributed by atoms with Crippen molar-refractivity contribution in [1.29, 1.82) is 0 Å². The Labute approximate surface area is 96.7 Å². The molecule has 0 bridgehead atoms. The monoisotopic (exact) mass is 229 g/mol. The number of hydrogen-bond acceptors (Lipinski definition) is 3. The van der Waals surface area contributed by atoms with E-state index in [1.165, 1.54) is 4.52 Å². The zero-order valence-corrected chi connectivity index (χ0v) is 9.52. The Kier molecular flexibility index (Phi) is 1.95. The average Bonchev–Trinajstić information content (AvgIpc) is 2.93. The van der Waals surface area contributed by atoms with Crippen LogP contribution < -0.4 is 5.56 Å². The number of aromatic nitrogens is 3. The van der Waals surface area contributed by atoms with E-state index in [1.54, 1.807) is 25.3 Å². The van der Waals surface area contributed by atoms with Crippen LogP contribution in [0.25, 0.3) is 17.1 Å². The predicted molar refractivity (Wildman–Crippen MR) is 63.0 cm³/mol. The van der Waals surface area contributed by atoms with Crippen LogP contribution in [0.4, 0.5) is 0 Å². The van der Waals surface area contributed by atoms with Gasteiger partial charge in [-0.1, -0.05) is 0 Å². The Hall–Kier alpha value is -2.30. The van der Waals surface area contributed by atoms with Crippen LogP contribution in [0.15, 0.2) is 33.7 Å². The van der Waals surface area contributed by atoms with E-state index in [1.807, 2.05) is 13.0 Å². The van der Waals surface area contributed by atoms with Crippen molar-refractivity contribution >= 4 is 5.65 Å². The number of nitrogens with one attached hydrogen (secondary N) is 1. The fourth-order valence-electron chi connectivity index (χ4n) is 1.78. The summed E-state index contributed by atoms with van der Waals surface area (Å²) >= 11 is 0. The van der Waals surface area contributed by atoms with Crippen molar-refractivity contribution < 1.29 is 4.42 Å². The number of furan rings is 1. The van der Waals surface area contributed by atoms with Gasteiger partial charge < -0.3 is 4.42 Å². The Morgan fingerprint density at radius 2 is 2.24 bits per heavy atom. The molecule has 0 fully saturated rings. The molecule has 0 amide bonds. The van der Waals surface area contributed by atoms with Crippen LogP contribution in [0.5, 0.6) is 0 Å². The second kappa shape index (κ2) is 3.35. The van der Waals surface area contributed by atoms with Gasteiger partial charge in [-0.3, -0.25) is 9.89 Å². The van der Waals surface area contributed by atoms with Crippen molar-refractivity contribution in [3.63, 3.8) is 0 Å². The van der Waals surface area contributed by atoms with Gasteiger partial charge in [0, 0.05) is 17.3 Å². The van der Waals surface area contributed by atoms with Gasteiger partial charge in [0.1, 0.15) is 5.69 Å². The van der Waals surface area contributed by atoms with Crippen molar-refractivity contribution in [3.8, 4) is 11.5 Å². The van der Waals surface area contributed by atoms with E-state index < -0.39 is 0 Å². The molecule has 0 aromatic carbocycles. The molecule has 3 heterocycles. The van der Waals surface area contributed by atoms with Gasteiger partial charge in [-0.05, 0) is 26.0 Å². The molecule has 1 N–H and O–H groups in total. The van der Waals surface area contributed by atoms with Crippen molar-refractivity contribution in [1.82, 2.24) is 14.6 Å². The molecule has 5 heteroatoms. The quantitative estimate of drug-likeness (QED) is 0.693. The molecule has 0 unspecified atom stereocenters. The summed E-state index contributed by atoms with van der Waals surface area (Å²) < 4.78 is 6.71. The number of hydrogen-bond donors (Lipinski definition) is 1. The molecule has 0 saturated heterocycles. The smallest absolute Gasteiger partial charge is 0.275 e. The van der Waals surface area contributed by atoms with Gasteiger partial charge in [-0.2, -0.15) is 0 Å². The minimum atomic E-state index is -0.0784. The third kappa shape index (κ3) is 1.39. The molecule has 0 atom stereocenters. The van der Waals surface area contributed by atoms with Gasteiger partial charge in [0.25, 0.3) is 5.56 Å². The fourth-order valence-corrected chi connectivity index (χ4v) is 1.78. The summed E-state index contributed by atoms with van der Waals surface area (Å²) in [4.78, 5) is 16.3. The van der Waals surface area contributed by atoms with Gasteiger partial charge in [-0.15, -0.1) is 0 Å². The molecule has 3 rings (SSSR count). The first kappa shape index (κ1) is 9.89. The molecule has 0 aliphatic rings. The van der Waals surface area contributed by atoms with Gasteiger partial charge >= 0.3 is 0 Å². The lowest BCUT2D eigenvalue weighted by Gasteiger charge is -1.98. The van der Waals surface area contributed by atoms with Crippen LogP contribution in [0.3, 0.4) is 0 Å². The highest BCUT2D eigenvalue weighted by molar-refractivity contribution is 5.59. The number of nitrogens with zero attached hydrogens (tertiary/aromatic N) is 2. The van der Waals surface area contributed by atoms with Crippen LogP contribution in [0.2, 0.25) is 0 Å². The molecular formula is C12H11N3O2. The lowest BCUT2D eigenvalue weighted by atomic mass is 10.3. The van der Waals surface area contributed by atoms with Gasteiger partial charge in [0.15, 0.2) is 11.4 Å². The molecule has 17 heavy (non-hydrogen) atoms. The number of rotatable bonds is 1. The molecule has 0 spiro atoms. The van der Waals surface area contributed by atoms with E-state index >= 15 is 0 Å². The third-order valence-electron chi connectivity index (χ3n) is 2.87. The highest BCUT2D eigenvalue weighted by atomic mass is 16.3. The topological polar surface area (TPSA) is 63.3 Å². The minimum absolute atomic E-state index is 0.0784. The van der Waals surface area contributed by atoms with E-state index in [0.29, 0.717) is 17.0 Å². The molecule has 0 aliphatic heterocycles. The van der Waals surface area contributed by atoms with Gasteiger partial charge in [0.2, 0.25) is 0 Å². The van der Waals surface area contributed by atoms with E-state index in [2.05, 4.69) is 10.1 Å². The molecule has 86 valence electrons. The van der Waals surface area contributed by atoms with E-state index in [-0.39, 0.29) is 5.56 Å². The summed E-state index contributed by atoms with van der Waals surface area (Å²) in [7, 11) is 0. The van der Waals surface area contributed by atoms with Gasteiger partial charge in [-0.25, -0.2) is 9.50 Å². The summed E-state index contributed by atoms with van der Waals surface area (Å²) in [5.74, 6) is 0.685. The fraction of sp³-hybridized carbons (Fsp3) is 0.167. The van der Waals surface area contributed by atoms with E-state index in [0.717, 1.165) is 11.4 Å². The second-order valence-corrected chi connectivity index (χ2v) is 3.97. The molecule has 3 aromatic rings. The first-order valence-corrected chi connectivity index (χ1v) is 5.29. The minimum Gasteiger partial charge on any atom is -0.463 e. The van der Waals surface area contributed by atoms with Gasteiger partial charge in [0.05, 0.1) is 6.26 Å². The van der Waals surface area contributed by atoms with Crippen LogP contribution in [0, 0.1) is 13.8 Å². The zero-order chi connectivity index (χ0) is 12.0. The summed E-state index contributed by atoms with van der Waals surface area (Å²) in [6.07, 6.45) is 1.59. The summed E-state index contributed by atoms with van der Waals surface area (Å²) in [6, 6.07) is 5.43. The normalized spacial score (nSPS) is 11.2. The largest absolute Gasteiger partial charge is 0.463 e. The van der Waals surface area contributed by atoms with Crippen LogP contribution in [-0.2, 0) is 0 Å². The SMILES string of the molecule is Cc1nc2cc(-c3ccco3)[nH]n2c(=O)c1C. The summed E-state index contributed by atoms with van der Waals surface area (Å²) in [5, 5.41) is 2.98. The Morgan fingerprint density at radius 3 is 2.94 bits per heavy atom. The predicted octanol–water partition coefficient (Wildman–Crippen LogP) is 1.90. The maximum absolute atomic E-state index is 12.0. The number of aryl methyl sites for hydroxylation is 1. The number of fused-ring (bicyclic) bond motifs is 1. The number of H-pyrrole nitrogens is 1. The standard InChI is InChI=1S/C12H11N3O2/c1-7-8(2)13-11-6-9(10-4-3-5-17-10)14-15(11)12(7)16/h3-6,14H,1-2H3. The Bertz CT molecular complexity index is 735. The van der Waals surface area contributed by atoms with Crippen LogP contribution in [-0.4, -0.2) is 14.6 Å². The second-order valence-electron chi connectivity index (χ2n) is 3.97. The van der Waals surface area contributed by atoms with Crippen LogP contribution in [0.1, 0.15) is 11.3 Å². The molecular weight excluding hydrogens is 218 g/mol. The maximum Gasteiger partial charge on any atom is 0.275 e. The van der Waals surface area contributed by atoms with Crippen molar-refractivity contribution in [2.75, 3.05) is 0 Å². The molecule has 0 saturated carbocycles. The number of aromatic amines is 1. The van der Waals surface area contributed by atoms with Crippen molar-refractivity contribution in [3.05, 3.63) is 46.1 Å². The Morgan fingerprint density at radius 1 is 1.41 bits per heavy atom. The Balaban J connectivity index is 2.34. The average molecular weight is 229 g/mol. The first-order chi connectivity index (χ1) is 8.16.